The fourth-order valence-corrected chi connectivity index (χ4v) is 6.55. The number of carbonyl (C=O) groups excluding carboxylic acids is 2. The molecule has 0 aromatic heterocycles. The lowest BCUT2D eigenvalue weighted by molar-refractivity contribution is -0.297. The van der Waals surface area contributed by atoms with Crippen LogP contribution in [0.1, 0.15) is 142 Å². The summed E-state index contributed by atoms with van der Waals surface area (Å²) >= 11 is 0. The van der Waals surface area contributed by atoms with E-state index in [9.17, 15) is 37.9 Å². The summed E-state index contributed by atoms with van der Waals surface area (Å²) in [5.41, 5.74) is 0. The van der Waals surface area contributed by atoms with E-state index in [2.05, 4.69) is 26.0 Å². The molecule has 12 nitrogen and oxygen atoms in total. The molecule has 312 valence electrons. The molecule has 54 heavy (non-hydrogen) atoms. The second-order valence-corrected chi connectivity index (χ2v) is 15.5. The Morgan fingerprint density at radius 1 is 0.648 bits per heavy atom. The van der Waals surface area contributed by atoms with Crippen LogP contribution in [0.2, 0.25) is 0 Å². The van der Waals surface area contributed by atoms with Crippen LogP contribution in [0.3, 0.4) is 0 Å². The summed E-state index contributed by atoms with van der Waals surface area (Å²) in [6.45, 7) is 3.56. The molecule has 13 heteroatoms. The molecule has 1 aliphatic heterocycles. The number of hydrogen-bond donors (Lipinski definition) is 4. The van der Waals surface area contributed by atoms with Gasteiger partial charge in [0.25, 0.3) is 10.1 Å². The van der Waals surface area contributed by atoms with Gasteiger partial charge in [0, 0.05) is 12.8 Å². The number of unbranched alkanes of at least 4 members (excludes halogenated alkanes) is 15. The Bertz CT molecular complexity index is 1200. The average Bonchev–Trinajstić information content (AvgIpc) is 3.13. The second-order valence-electron chi connectivity index (χ2n) is 14.0. The quantitative estimate of drug-likeness (QED) is 0.0233. The van der Waals surface area contributed by atoms with E-state index in [0.29, 0.717) is 12.8 Å². The van der Waals surface area contributed by atoms with Gasteiger partial charge in [-0.1, -0.05) is 146 Å². The van der Waals surface area contributed by atoms with Gasteiger partial charge < -0.3 is 34.3 Å². The van der Waals surface area contributed by atoms with E-state index in [1.807, 2.05) is 36.5 Å². The molecule has 1 fully saturated rings. The van der Waals surface area contributed by atoms with Crippen molar-refractivity contribution >= 4 is 22.1 Å². The van der Waals surface area contributed by atoms with Gasteiger partial charge >= 0.3 is 11.9 Å². The van der Waals surface area contributed by atoms with Crippen LogP contribution in [-0.4, -0.2) is 96.0 Å². The molecule has 2 unspecified atom stereocenters. The summed E-state index contributed by atoms with van der Waals surface area (Å²) in [5, 5.41) is 30.8. The number of aliphatic hydroxyl groups is 3. The number of ether oxygens (including phenoxy) is 4. The molecule has 1 aliphatic rings. The SMILES string of the molecule is CC/C=C/C=C/C=C/C=C/CCCCCCCC(=O)OC[C@H](CO[C@H]1O[C@H](CS(=O)(=O)O)[C@@H](O)C(O)C1O)OC(=O)CCCCCCCCCCCCC. The first-order valence-corrected chi connectivity index (χ1v) is 21.9. The number of carbonyl (C=O) groups is 2. The van der Waals surface area contributed by atoms with Gasteiger partial charge in [0.1, 0.15) is 36.8 Å². The minimum absolute atomic E-state index is 0.159. The first kappa shape index (κ1) is 49.6. The summed E-state index contributed by atoms with van der Waals surface area (Å²) < 4.78 is 53.8. The van der Waals surface area contributed by atoms with Crippen molar-refractivity contribution in [3.05, 3.63) is 48.6 Å². The molecular weight excluding hydrogens is 717 g/mol. The van der Waals surface area contributed by atoms with Gasteiger partial charge in [0.15, 0.2) is 12.4 Å². The predicted molar refractivity (Wildman–Crippen MR) is 210 cm³/mol. The first-order valence-electron chi connectivity index (χ1n) is 20.2. The molecular formula is C41H70O12S. The monoisotopic (exact) mass is 786 g/mol. The Hall–Kier alpha value is -2.39. The van der Waals surface area contributed by atoms with Crippen LogP contribution < -0.4 is 0 Å². The molecule has 0 spiro atoms. The normalized spacial score (nSPS) is 21.5. The van der Waals surface area contributed by atoms with Crippen molar-refractivity contribution in [2.75, 3.05) is 19.0 Å². The van der Waals surface area contributed by atoms with Crippen molar-refractivity contribution in [2.45, 2.75) is 179 Å². The van der Waals surface area contributed by atoms with Crippen LogP contribution in [0.15, 0.2) is 48.6 Å². The van der Waals surface area contributed by atoms with Crippen LogP contribution >= 0.6 is 0 Å². The Balaban J connectivity index is 2.52. The third-order valence-electron chi connectivity index (χ3n) is 9.02. The smallest absolute Gasteiger partial charge is 0.306 e. The van der Waals surface area contributed by atoms with Crippen molar-refractivity contribution in [1.29, 1.82) is 0 Å². The Labute approximate surface area is 324 Å². The van der Waals surface area contributed by atoms with Crippen LogP contribution in [0.4, 0.5) is 0 Å². The molecule has 0 radical (unpaired) electrons. The molecule has 0 saturated carbocycles. The molecule has 0 aliphatic carbocycles. The van der Waals surface area contributed by atoms with Gasteiger partial charge in [0.2, 0.25) is 0 Å². The summed E-state index contributed by atoms with van der Waals surface area (Å²) in [7, 11) is -4.60. The molecule has 0 bridgehead atoms. The van der Waals surface area contributed by atoms with Crippen LogP contribution in [0.25, 0.3) is 0 Å². The maximum absolute atomic E-state index is 12.7. The van der Waals surface area contributed by atoms with E-state index in [4.69, 9.17) is 18.9 Å². The molecule has 0 amide bonds. The molecule has 1 heterocycles. The van der Waals surface area contributed by atoms with E-state index in [-0.39, 0.29) is 19.4 Å². The highest BCUT2D eigenvalue weighted by atomic mass is 32.2. The zero-order valence-corrected chi connectivity index (χ0v) is 33.6. The summed E-state index contributed by atoms with van der Waals surface area (Å²) in [6.07, 6.45) is 25.9. The van der Waals surface area contributed by atoms with E-state index in [0.717, 1.165) is 57.8 Å². The highest BCUT2D eigenvalue weighted by Crippen LogP contribution is 2.24. The summed E-state index contributed by atoms with van der Waals surface area (Å²) in [4.78, 5) is 25.3. The lowest BCUT2D eigenvalue weighted by Crippen LogP contribution is -2.60. The molecule has 1 saturated heterocycles. The maximum atomic E-state index is 12.7. The molecule has 0 aromatic carbocycles. The van der Waals surface area contributed by atoms with Gasteiger partial charge in [-0.15, -0.1) is 0 Å². The maximum Gasteiger partial charge on any atom is 0.306 e. The van der Waals surface area contributed by atoms with Gasteiger partial charge in [-0.05, 0) is 32.1 Å². The standard InChI is InChI=1S/C41H70O12S/c1-3-5-7-9-11-13-15-16-17-18-20-21-23-25-27-29-36(42)50-31-34(52-37(43)30-28-26-24-22-19-14-12-10-8-6-4-2)32-51-41-40(46)39(45)38(44)35(53-41)33-54(47,48)49/h5,7,9,11,13,15-17,34-35,38-41,44-46H,3-4,6,8,10,12,14,18-33H2,1-2H3,(H,47,48,49)/b7-5+,11-9+,15-13+,17-16+/t34-,35-,38-,39?,40?,41+/m1/s1. The van der Waals surface area contributed by atoms with Crippen molar-refractivity contribution in [1.82, 2.24) is 0 Å². The number of rotatable bonds is 32. The summed E-state index contributed by atoms with van der Waals surface area (Å²) in [6, 6.07) is 0. The molecule has 1 rings (SSSR count). The van der Waals surface area contributed by atoms with Crippen LogP contribution in [-0.2, 0) is 38.7 Å². The highest BCUT2D eigenvalue weighted by Gasteiger charge is 2.46. The summed E-state index contributed by atoms with van der Waals surface area (Å²) in [5.74, 6) is -2.02. The third-order valence-corrected chi connectivity index (χ3v) is 9.77. The van der Waals surface area contributed by atoms with Crippen LogP contribution in [0.5, 0.6) is 0 Å². The predicted octanol–water partition coefficient (Wildman–Crippen LogP) is 7.22. The van der Waals surface area contributed by atoms with Gasteiger partial charge in [-0.25, -0.2) is 0 Å². The minimum Gasteiger partial charge on any atom is -0.462 e. The van der Waals surface area contributed by atoms with Crippen molar-refractivity contribution < 1.29 is 56.8 Å². The highest BCUT2D eigenvalue weighted by molar-refractivity contribution is 7.85. The van der Waals surface area contributed by atoms with Gasteiger partial charge in [-0.3, -0.25) is 14.1 Å². The van der Waals surface area contributed by atoms with E-state index >= 15 is 0 Å². The van der Waals surface area contributed by atoms with Gasteiger partial charge in [-0.2, -0.15) is 8.42 Å². The lowest BCUT2D eigenvalue weighted by atomic mass is 10.00. The third kappa shape index (κ3) is 26.4. The van der Waals surface area contributed by atoms with E-state index in [1.165, 1.54) is 44.9 Å². The largest absolute Gasteiger partial charge is 0.462 e. The number of esters is 2. The topological polar surface area (TPSA) is 186 Å². The molecule has 4 N–H and O–H groups in total. The number of aliphatic hydroxyl groups excluding tert-OH is 3. The molecule has 6 atom stereocenters. The second kappa shape index (κ2) is 31.8. The zero-order chi connectivity index (χ0) is 39.9. The Morgan fingerprint density at radius 2 is 1.17 bits per heavy atom. The zero-order valence-electron chi connectivity index (χ0n) is 32.8. The van der Waals surface area contributed by atoms with Gasteiger partial charge in [0.05, 0.1) is 6.61 Å². The Kier molecular flexibility index (Phi) is 29.2. The number of hydrogen-bond acceptors (Lipinski definition) is 11. The fourth-order valence-electron chi connectivity index (χ4n) is 5.86. The van der Waals surface area contributed by atoms with E-state index < -0.39 is 71.2 Å². The van der Waals surface area contributed by atoms with Crippen molar-refractivity contribution in [2.24, 2.45) is 0 Å². The van der Waals surface area contributed by atoms with Crippen LogP contribution in [0, 0.1) is 0 Å². The fraction of sp³-hybridized carbons (Fsp3) is 0.756. The number of allylic oxidation sites excluding steroid dienone is 8. The van der Waals surface area contributed by atoms with E-state index in [1.54, 1.807) is 0 Å². The first-order chi connectivity index (χ1) is 26.0. The van der Waals surface area contributed by atoms with Crippen molar-refractivity contribution in [3.63, 3.8) is 0 Å². The molecule has 0 aromatic rings. The lowest BCUT2D eigenvalue weighted by Gasteiger charge is -2.40. The Morgan fingerprint density at radius 3 is 1.74 bits per heavy atom. The minimum atomic E-state index is -4.60. The van der Waals surface area contributed by atoms with Crippen molar-refractivity contribution in [3.8, 4) is 0 Å². The average molecular weight is 787 g/mol.